The Hall–Kier alpha value is -2.40. The first-order valence-corrected chi connectivity index (χ1v) is 11.3. The van der Waals surface area contributed by atoms with Gasteiger partial charge >= 0.3 is 0 Å². The van der Waals surface area contributed by atoms with Gasteiger partial charge < -0.3 is 15.2 Å². The molecule has 5 nitrogen and oxygen atoms in total. The zero-order valence-corrected chi connectivity index (χ0v) is 18.8. The van der Waals surface area contributed by atoms with Gasteiger partial charge in [-0.05, 0) is 87.0 Å². The molecule has 0 unspecified atom stereocenters. The van der Waals surface area contributed by atoms with Crippen LogP contribution in [0.3, 0.4) is 0 Å². The third-order valence-electron chi connectivity index (χ3n) is 6.32. The van der Waals surface area contributed by atoms with Crippen molar-refractivity contribution in [2.24, 2.45) is 5.92 Å². The number of nitrogens with one attached hydrogen (secondary N) is 2. The molecule has 4 rings (SSSR count). The van der Waals surface area contributed by atoms with Crippen molar-refractivity contribution >= 4 is 16.9 Å². The number of hydrogen-bond donors (Lipinski definition) is 2. The predicted octanol–water partition coefficient (Wildman–Crippen LogP) is 5.46. The number of pyridine rings is 1. The summed E-state index contributed by atoms with van der Waals surface area (Å²) in [5.41, 5.74) is 4.52. The van der Waals surface area contributed by atoms with Gasteiger partial charge in [0.1, 0.15) is 11.6 Å². The SMILES string of the molecule is CN1CCC(CCCNc2ccc(-c3nc4ccc(C(C)(C)C)cc4[nH]3)cn2)CC1. The number of rotatable bonds is 6. The van der Waals surface area contributed by atoms with Crippen LogP contribution in [0.5, 0.6) is 0 Å². The highest BCUT2D eigenvalue weighted by molar-refractivity contribution is 5.80. The molecule has 1 fully saturated rings. The summed E-state index contributed by atoms with van der Waals surface area (Å²) in [6.07, 6.45) is 7.12. The van der Waals surface area contributed by atoms with E-state index in [2.05, 4.69) is 78.3 Å². The number of fused-ring (bicyclic) bond motifs is 1. The van der Waals surface area contributed by atoms with E-state index in [1.807, 2.05) is 6.20 Å². The molecule has 2 N–H and O–H groups in total. The van der Waals surface area contributed by atoms with E-state index in [4.69, 9.17) is 4.98 Å². The van der Waals surface area contributed by atoms with Crippen LogP contribution in [0.2, 0.25) is 0 Å². The Morgan fingerprint density at radius 2 is 1.93 bits per heavy atom. The standard InChI is InChI=1S/C25H35N5/c1-25(2,3)20-8-9-21-22(16-20)29-24(28-21)19-7-10-23(27-17-19)26-13-5-6-18-11-14-30(4)15-12-18/h7-10,16-18H,5-6,11-15H2,1-4H3,(H,26,27)(H,28,29). The van der Waals surface area contributed by atoms with Gasteiger partial charge in [-0.3, -0.25) is 0 Å². The molecule has 1 aliphatic rings. The monoisotopic (exact) mass is 405 g/mol. The third-order valence-corrected chi connectivity index (χ3v) is 6.32. The second-order valence-corrected chi connectivity index (χ2v) is 9.82. The maximum Gasteiger partial charge on any atom is 0.140 e. The second kappa shape index (κ2) is 8.76. The van der Waals surface area contributed by atoms with Gasteiger partial charge in [-0.25, -0.2) is 9.97 Å². The van der Waals surface area contributed by atoms with Gasteiger partial charge in [0.2, 0.25) is 0 Å². The molecule has 3 aromatic rings. The normalized spacial score (nSPS) is 16.3. The number of likely N-dealkylation sites (tertiary alicyclic amines) is 1. The van der Waals surface area contributed by atoms with E-state index in [0.717, 1.165) is 40.7 Å². The van der Waals surface area contributed by atoms with Crippen LogP contribution in [-0.2, 0) is 5.41 Å². The van der Waals surface area contributed by atoms with Crippen LogP contribution in [0.15, 0.2) is 36.5 Å². The van der Waals surface area contributed by atoms with Gasteiger partial charge in [-0.2, -0.15) is 0 Å². The lowest BCUT2D eigenvalue weighted by atomic mass is 9.87. The van der Waals surface area contributed by atoms with Crippen LogP contribution in [0.4, 0.5) is 5.82 Å². The van der Waals surface area contributed by atoms with Gasteiger partial charge in [-0.1, -0.05) is 26.8 Å². The molecule has 0 amide bonds. The molecule has 0 aliphatic carbocycles. The molecule has 0 radical (unpaired) electrons. The Balaban J connectivity index is 1.33. The zero-order valence-electron chi connectivity index (χ0n) is 18.8. The Labute approximate surface area is 180 Å². The molecular weight excluding hydrogens is 370 g/mol. The number of nitrogens with zero attached hydrogens (tertiary/aromatic N) is 3. The van der Waals surface area contributed by atoms with Crippen LogP contribution in [0, 0.1) is 5.92 Å². The third kappa shape index (κ3) is 5.01. The molecule has 30 heavy (non-hydrogen) atoms. The minimum Gasteiger partial charge on any atom is -0.370 e. The minimum atomic E-state index is 0.127. The molecule has 0 saturated carbocycles. The predicted molar refractivity (Wildman–Crippen MR) is 126 cm³/mol. The van der Waals surface area contributed by atoms with Crippen molar-refractivity contribution in [3.8, 4) is 11.4 Å². The van der Waals surface area contributed by atoms with Crippen molar-refractivity contribution in [3.05, 3.63) is 42.1 Å². The number of aromatic amines is 1. The lowest BCUT2D eigenvalue weighted by molar-refractivity contribution is 0.211. The lowest BCUT2D eigenvalue weighted by Crippen LogP contribution is -2.30. The maximum atomic E-state index is 4.75. The van der Waals surface area contributed by atoms with Crippen molar-refractivity contribution in [1.29, 1.82) is 0 Å². The average molecular weight is 406 g/mol. The van der Waals surface area contributed by atoms with Gasteiger partial charge in [-0.15, -0.1) is 0 Å². The number of benzene rings is 1. The Morgan fingerprint density at radius 1 is 1.13 bits per heavy atom. The number of anilines is 1. The summed E-state index contributed by atoms with van der Waals surface area (Å²) in [6.45, 7) is 10.2. The van der Waals surface area contributed by atoms with E-state index in [1.54, 1.807) is 0 Å². The zero-order chi connectivity index (χ0) is 21.1. The second-order valence-electron chi connectivity index (χ2n) is 9.82. The lowest BCUT2D eigenvalue weighted by Gasteiger charge is -2.28. The molecule has 2 aromatic heterocycles. The largest absolute Gasteiger partial charge is 0.370 e. The fraction of sp³-hybridized carbons (Fsp3) is 0.520. The van der Waals surface area contributed by atoms with Crippen LogP contribution < -0.4 is 5.32 Å². The summed E-state index contributed by atoms with van der Waals surface area (Å²) >= 11 is 0. The van der Waals surface area contributed by atoms with Gasteiger partial charge in [0.15, 0.2) is 0 Å². The van der Waals surface area contributed by atoms with Crippen LogP contribution >= 0.6 is 0 Å². The number of hydrogen-bond acceptors (Lipinski definition) is 4. The van der Waals surface area contributed by atoms with Crippen LogP contribution in [0.25, 0.3) is 22.4 Å². The molecule has 1 saturated heterocycles. The Morgan fingerprint density at radius 3 is 2.63 bits per heavy atom. The smallest absolute Gasteiger partial charge is 0.140 e. The molecule has 1 aliphatic heterocycles. The number of H-pyrrole nitrogens is 1. The Bertz CT molecular complexity index is 959. The molecule has 160 valence electrons. The fourth-order valence-corrected chi connectivity index (χ4v) is 4.21. The number of imidazole rings is 1. The first-order chi connectivity index (χ1) is 14.4. The molecule has 3 heterocycles. The van der Waals surface area contributed by atoms with Crippen molar-refractivity contribution in [2.45, 2.75) is 51.9 Å². The van der Waals surface area contributed by atoms with E-state index < -0.39 is 0 Å². The first-order valence-electron chi connectivity index (χ1n) is 11.3. The van der Waals surface area contributed by atoms with Gasteiger partial charge in [0.05, 0.1) is 11.0 Å². The van der Waals surface area contributed by atoms with E-state index in [9.17, 15) is 0 Å². The highest BCUT2D eigenvalue weighted by Gasteiger charge is 2.16. The van der Waals surface area contributed by atoms with Gasteiger partial charge in [0.25, 0.3) is 0 Å². The van der Waals surface area contributed by atoms with Gasteiger partial charge in [0, 0.05) is 18.3 Å². The highest BCUT2D eigenvalue weighted by atomic mass is 15.1. The summed E-state index contributed by atoms with van der Waals surface area (Å²) in [5.74, 6) is 2.70. The number of aromatic nitrogens is 3. The van der Waals surface area contributed by atoms with E-state index in [-0.39, 0.29) is 5.41 Å². The molecule has 0 atom stereocenters. The number of piperidine rings is 1. The van der Waals surface area contributed by atoms with Crippen molar-refractivity contribution in [1.82, 2.24) is 19.9 Å². The summed E-state index contributed by atoms with van der Waals surface area (Å²) in [7, 11) is 2.22. The van der Waals surface area contributed by atoms with Crippen molar-refractivity contribution in [2.75, 3.05) is 32.0 Å². The first kappa shape index (κ1) is 20.9. The molecule has 0 spiro atoms. The Kier molecular flexibility index (Phi) is 6.09. The molecular formula is C25H35N5. The van der Waals surface area contributed by atoms with E-state index >= 15 is 0 Å². The highest BCUT2D eigenvalue weighted by Crippen LogP contribution is 2.27. The molecule has 0 bridgehead atoms. The summed E-state index contributed by atoms with van der Waals surface area (Å²) < 4.78 is 0. The molecule has 1 aromatic carbocycles. The topological polar surface area (TPSA) is 56.8 Å². The quantitative estimate of drug-likeness (QED) is 0.535. The maximum absolute atomic E-state index is 4.75. The summed E-state index contributed by atoms with van der Waals surface area (Å²) in [6, 6.07) is 10.6. The summed E-state index contributed by atoms with van der Waals surface area (Å²) in [4.78, 5) is 15.2. The van der Waals surface area contributed by atoms with Crippen LogP contribution in [0.1, 0.15) is 52.0 Å². The fourth-order valence-electron chi connectivity index (χ4n) is 4.21. The van der Waals surface area contributed by atoms with Crippen molar-refractivity contribution in [3.63, 3.8) is 0 Å². The van der Waals surface area contributed by atoms with Crippen molar-refractivity contribution < 1.29 is 0 Å². The molecule has 5 heteroatoms. The van der Waals surface area contributed by atoms with E-state index in [1.165, 1.54) is 44.3 Å². The van der Waals surface area contributed by atoms with Crippen LogP contribution in [-0.4, -0.2) is 46.5 Å². The minimum absolute atomic E-state index is 0.127. The van der Waals surface area contributed by atoms with E-state index in [0.29, 0.717) is 0 Å². The summed E-state index contributed by atoms with van der Waals surface area (Å²) in [5, 5.41) is 3.47. The average Bonchev–Trinajstić information content (AvgIpc) is 3.16.